The molecule has 0 unspecified atom stereocenters. The van der Waals surface area contributed by atoms with E-state index in [0.29, 0.717) is 19.3 Å². The van der Waals surface area contributed by atoms with Gasteiger partial charge in [-0.2, -0.15) is 0 Å². The third kappa shape index (κ3) is 4.04. The van der Waals surface area contributed by atoms with Gasteiger partial charge in [0.1, 0.15) is 0 Å². The van der Waals surface area contributed by atoms with Crippen molar-refractivity contribution in [1.82, 2.24) is 10.2 Å². The summed E-state index contributed by atoms with van der Waals surface area (Å²) in [6, 6.07) is 0.714. The highest BCUT2D eigenvalue weighted by molar-refractivity contribution is 4.82. The zero-order valence-electron chi connectivity index (χ0n) is 8.58. The van der Waals surface area contributed by atoms with E-state index in [1.54, 1.807) is 7.11 Å². The molecular formula is C9H20N2O2. The van der Waals surface area contributed by atoms with Crippen LogP contribution in [0.15, 0.2) is 0 Å². The van der Waals surface area contributed by atoms with Crippen LogP contribution in [-0.4, -0.2) is 64.6 Å². The Labute approximate surface area is 80.2 Å². The van der Waals surface area contributed by atoms with E-state index in [0.717, 1.165) is 26.2 Å². The van der Waals surface area contributed by atoms with Crippen molar-refractivity contribution in [3.05, 3.63) is 0 Å². The van der Waals surface area contributed by atoms with Gasteiger partial charge in [0.15, 0.2) is 0 Å². The van der Waals surface area contributed by atoms with Gasteiger partial charge in [0.2, 0.25) is 0 Å². The minimum absolute atomic E-state index is 0.689. The standard InChI is InChI=1S/C9H20N2O2/c1-11(9-7-10-8-9)3-4-13-6-5-12-2/h9-10H,3-8H2,1-2H3. The largest absolute Gasteiger partial charge is 0.382 e. The zero-order chi connectivity index (χ0) is 9.52. The number of nitrogens with zero attached hydrogens (tertiary/aromatic N) is 1. The van der Waals surface area contributed by atoms with Gasteiger partial charge in [0.05, 0.1) is 19.8 Å². The number of methoxy groups -OCH3 is 1. The van der Waals surface area contributed by atoms with Gasteiger partial charge in [0, 0.05) is 32.8 Å². The van der Waals surface area contributed by atoms with Gasteiger partial charge >= 0.3 is 0 Å². The van der Waals surface area contributed by atoms with E-state index in [9.17, 15) is 0 Å². The normalized spacial score (nSPS) is 17.8. The second-order valence-corrected chi connectivity index (χ2v) is 3.40. The Balaban J connectivity index is 1.86. The Kier molecular flexibility index (Phi) is 5.31. The van der Waals surface area contributed by atoms with Gasteiger partial charge in [-0.15, -0.1) is 0 Å². The van der Waals surface area contributed by atoms with E-state index >= 15 is 0 Å². The Morgan fingerprint density at radius 3 is 2.62 bits per heavy atom. The summed E-state index contributed by atoms with van der Waals surface area (Å²) < 4.78 is 10.3. The third-order valence-electron chi connectivity index (χ3n) is 2.40. The highest BCUT2D eigenvalue weighted by atomic mass is 16.5. The van der Waals surface area contributed by atoms with Crippen LogP contribution in [0.3, 0.4) is 0 Å². The van der Waals surface area contributed by atoms with E-state index in [1.807, 2.05) is 0 Å². The van der Waals surface area contributed by atoms with Crippen LogP contribution in [0.25, 0.3) is 0 Å². The summed E-state index contributed by atoms with van der Waals surface area (Å²) in [6.07, 6.45) is 0. The minimum Gasteiger partial charge on any atom is -0.382 e. The lowest BCUT2D eigenvalue weighted by Crippen LogP contribution is -2.56. The highest BCUT2D eigenvalue weighted by Gasteiger charge is 2.20. The first-order valence-electron chi connectivity index (χ1n) is 4.82. The molecule has 0 amide bonds. The molecule has 0 radical (unpaired) electrons. The van der Waals surface area contributed by atoms with Crippen molar-refractivity contribution in [3.63, 3.8) is 0 Å². The molecule has 0 atom stereocenters. The summed E-state index contributed by atoms with van der Waals surface area (Å²) in [7, 11) is 3.83. The van der Waals surface area contributed by atoms with Crippen molar-refractivity contribution < 1.29 is 9.47 Å². The molecular weight excluding hydrogens is 168 g/mol. The second-order valence-electron chi connectivity index (χ2n) is 3.40. The molecule has 1 rings (SSSR count). The van der Waals surface area contributed by atoms with E-state index in [1.165, 1.54) is 0 Å². The van der Waals surface area contributed by atoms with Crippen molar-refractivity contribution in [2.24, 2.45) is 0 Å². The van der Waals surface area contributed by atoms with E-state index < -0.39 is 0 Å². The monoisotopic (exact) mass is 188 g/mol. The predicted molar refractivity (Wildman–Crippen MR) is 52.0 cm³/mol. The van der Waals surface area contributed by atoms with Gasteiger partial charge < -0.3 is 14.8 Å². The van der Waals surface area contributed by atoms with E-state index in [-0.39, 0.29) is 0 Å². The first-order chi connectivity index (χ1) is 6.34. The van der Waals surface area contributed by atoms with Crippen molar-refractivity contribution >= 4 is 0 Å². The maximum atomic E-state index is 5.38. The minimum atomic E-state index is 0.689. The molecule has 4 heteroatoms. The van der Waals surface area contributed by atoms with Crippen LogP contribution in [0.4, 0.5) is 0 Å². The summed E-state index contributed by atoms with van der Waals surface area (Å²) in [6.45, 7) is 5.44. The molecule has 1 heterocycles. The molecule has 0 aliphatic carbocycles. The van der Waals surface area contributed by atoms with Crippen LogP contribution in [0.5, 0.6) is 0 Å². The Morgan fingerprint density at radius 1 is 1.31 bits per heavy atom. The maximum Gasteiger partial charge on any atom is 0.0700 e. The van der Waals surface area contributed by atoms with Gasteiger partial charge in [-0.3, -0.25) is 4.90 Å². The average molecular weight is 188 g/mol. The van der Waals surface area contributed by atoms with Crippen LogP contribution in [0.2, 0.25) is 0 Å². The lowest BCUT2D eigenvalue weighted by atomic mass is 10.1. The summed E-state index contributed by atoms with van der Waals surface area (Å²) in [4.78, 5) is 2.34. The fourth-order valence-electron chi connectivity index (χ4n) is 1.22. The molecule has 0 aromatic carbocycles. The van der Waals surface area contributed by atoms with Gasteiger partial charge in [-0.25, -0.2) is 0 Å². The van der Waals surface area contributed by atoms with Gasteiger partial charge in [-0.1, -0.05) is 0 Å². The Morgan fingerprint density at radius 2 is 2.08 bits per heavy atom. The lowest BCUT2D eigenvalue weighted by molar-refractivity contribution is 0.0501. The van der Waals surface area contributed by atoms with Crippen molar-refractivity contribution in [2.75, 3.05) is 53.6 Å². The molecule has 0 aromatic rings. The zero-order valence-corrected chi connectivity index (χ0v) is 8.58. The highest BCUT2D eigenvalue weighted by Crippen LogP contribution is 2.00. The second kappa shape index (κ2) is 6.32. The maximum absolute atomic E-state index is 5.38. The van der Waals surface area contributed by atoms with Crippen molar-refractivity contribution in [2.45, 2.75) is 6.04 Å². The Bertz CT molecular complexity index is 129. The van der Waals surface area contributed by atoms with Crippen LogP contribution in [0, 0.1) is 0 Å². The molecule has 0 spiro atoms. The van der Waals surface area contributed by atoms with E-state index in [4.69, 9.17) is 9.47 Å². The molecule has 4 nitrogen and oxygen atoms in total. The number of ether oxygens (including phenoxy) is 2. The molecule has 1 fully saturated rings. The molecule has 0 saturated carbocycles. The summed E-state index contributed by atoms with van der Waals surface area (Å²) in [5, 5.41) is 3.25. The molecule has 0 aromatic heterocycles. The van der Waals surface area contributed by atoms with Crippen LogP contribution in [-0.2, 0) is 9.47 Å². The fourth-order valence-corrected chi connectivity index (χ4v) is 1.22. The number of hydrogen-bond donors (Lipinski definition) is 1. The first-order valence-corrected chi connectivity index (χ1v) is 4.82. The number of likely N-dealkylation sites (N-methyl/N-ethyl adjacent to an activating group) is 1. The number of rotatable bonds is 7. The van der Waals surface area contributed by atoms with Crippen molar-refractivity contribution in [3.8, 4) is 0 Å². The summed E-state index contributed by atoms with van der Waals surface area (Å²) >= 11 is 0. The molecule has 1 aliphatic rings. The molecule has 78 valence electrons. The quantitative estimate of drug-likeness (QED) is 0.549. The predicted octanol–water partition coefficient (Wildman–Crippen LogP) is -0.447. The van der Waals surface area contributed by atoms with Gasteiger partial charge in [0.25, 0.3) is 0 Å². The molecule has 1 aliphatic heterocycles. The first kappa shape index (κ1) is 10.9. The summed E-state index contributed by atoms with van der Waals surface area (Å²) in [5.74, 6) is 0. The van der Waals surface area contributed by atoms with Crippen molar-refractivity contribution in [1.29, 1.82) is 0 Å². The van der Waals surface area contributed by atoms with Crippen LogP contribution in [0.1, 0.15) is 0 Å². The smallest absolute Gasteiger partial charge is 0.0700 e. The Hall–Kier alpha value is -0.160. The fraction of sp³-hybridized carbons (Fsp3) is 1.00. The topological polar surface area (TPSA) is 33.7 Å². The lowest BCUT2D eigenvalue weighted by Gasteiger charge is -2.35. The van der Waals surface area contributed by atoms with Crippen LogP contribution >= 0.6 is 0 Å². The number of nitrogens with one attached hydrogen (secondary N) is 1. The molecule has 13 heavy (non-hydrogen) atoms. The molecule has 1 N–H and O–H groups in total. The van der Waals surface area contributed by atoms with E-state index in [2.05, 4.69) is 17.3 Å². The molecule has 1 saturated heterocycles. The van der Waals surface area contributed by atoms with Crippen LogP contribution < -0.4 is 5.32 Å². The van der Waals surface area contributed by atoms with Gasteiger partial charge in [-0.05, 0) is 7.05 Å². The SMILES string of the molecule is COCCOCCN(C)C1CNC1. The average Bonchev–Trinajstić information content (AvgIpc) is 2.01. The summed E-state index contributed by atoms with van der Waals surface area (Å²) in [5.41, 5.74) is 0. The number of hydrogen-bond acceptors (Lipinski definition) is 4. The molecule has 0 bridgehead atoms. The third-order valence-corrected chi connectivity index (χ3v) is 2.40.